The van der Waals surface area contributed by atoms with Crippen molar-refractivity contribution in [3.8, 4) is 0 Å². The zero-order valence-electron chi connectivity index (χ0n) is 14.2. The van der Waals surface area contributed by atoms with Crippen LogP contribution in [0.25, 0.3) is 0 Å². The van der Waals surface area contributed by atoms with Gasteiger partial charge in [-0.05, 0) is 38.4 Å². The molecule has 24 heavy (non-hydrogen) atoms. The van der Waals surface area contributed by atoms with Crippen LogP contribution in [-0.2, 0) is 13.1 Å². The van der Waals surface area contributed by atoms with Gasteiger partial charge in [-0.2, -0.15) is 0 Å². The van der Waals surface area contributed by atoms with E-state index in [1.54, 1.807) is 17.6 Å². The summed E-state index contributed by atoms with van der Waals surface area (Å²) >= 11 is 1.71. The highest BCUT2D eigenvalue weighted by Crippen LogP contribution is 2.20. The third kappa shape index (κ3) is 4.36. The average molecular weight is 348 g/mol. The molecule has 0 aliphatic carbocycles. The van der Waals surface area contributed by atoms with E-state index in [2.05, 4.69) is 29.2 Å². The zero-order chi connectivity index (χ0) is 16.9. The van der Waals surface area contributed by atoms with E-state index < -0.39 is 0 Å². The van der Waals surface area contributed by atoms with Gasteiger partial charge in [-0.1, -0.05) is 0 Å². The third-order valence-electron chi connectivity index (χ3n) is 4.40. The van der Waals surface area contributed by atoms with Crippen molar-refractivity contribution in [3.05, 3.63) is 40.2 Å². The Kier molecular flexibility index (Phi) is 5.52. The molecule has 1 aliphatic heterocycles. The van der Waals surface area contributed by atoms with Gasteiger partial charge in [-0.15, -0.1) is 11.3 Å². The van der Waals surface area contributed by atoms with Gasteiger partial charge < -0.3 is 19.5 Å². The Labute approximate surface area is 146 Å². The molecule has 1 atom stereocenters. The summed E-state index contributed by atoms with van der Waals surface area (Å²) in [7, 11) is 2.14. The van der Waals surface area contributed by atoms with Crippen LogP contribution in [0.2, 0.25) is 0 Å². The number of amides is 2. The molecule has 1 N–H and O–H groups in total. The number of hydrogen-bond donors (Lipinski definition) is 1. The Morgan fingerprint density at radius 2 is 2.46 bits per heavy atom. The Balaban J connectivity index is 1.41. The molecule has 1 saturated heterocycles. The Morgan fingerprint density at radius 1 is 1.58 bits per heavy atom. The molecule has 2 aromatic heterocycles. The maximum absolute atomic E-state index is 12.2. The molecule has 0 radical (unpaired) electrons. The number of carbonyl (C=O) groups is 1. The van der Waals surface area contributed by atoms with Crippen LogP contribution in [0.3, 0.4) is 0 Å². The normalized spacial score (nSPS) is 17.6. The van der Waals surface area contributed by atoms with Crippen molar-refractivity contribution < 1.29 is 9.21 Å². The third-order valence-corrected chi connectivity index (χ3v) is 5.32. The van der Waals surface area contributed by atoms with Gasteiger partial charge in [-0.25, -0.2) is 9.78 Å². The molecule has 1 aliphatic rings. The Bertz CT molecular complexity index is 655. The summed E-state index contributed by atoms with van der Waals surface area (Å²) < 4.78 is 5.24. The van der Waals surface area contributed by atoms with Gasteiger partial charge in [0.2, 0.25) is 0 Å². The average Bonchev–Trinajstić information content (AvgIpc) is 3.28. The van der Waals surface area contributed by atoms with Gasteiger partial charge in [0.25, 0.3) is 0 Å². The number of thiazole rings is 1. The molecule has 130 valence electrons. The lowest BCUT2D eigenvalue weighted by atomic mass is 10.1. The van der Waals surface area contributed by atoms with Crippen molar-refractivity contribution in [1.29, 1.82) is 0 Å². The van der Waals surface area contributed by atoms with Gasteiger partial charge in [0, 0.05) is 31.1 Å². The second kappa shape index (κ2) is 7.81. The number of carbonyl (C=O) groups excluding carboxylic acids is 1. The first-order valence-corrected chi connectivity index (χ1v) is 9.12. The summed E-state index contributed by atoms with van der Waals surface area (Å²) in [4.78, 5) is 22.1. The first-order valence-electron chi connectivity index (χ1n) is 8.24. The fraction of sp³-hybridized carbons (Fsp3) is 0.529. The summed E-state index contributed by atoms with van der Waals surface area (Å²) in [6.07, 6.45) is 2.67. The molecular weight excluding hydrogens is 324 g/mol. The minimum absolute atomic E-state index is 0.00476. The fourth-order valence-corrected chi connectivity index (χ4v) is 3.94. The Morgan fingerprint density at radius 3 is 3.17 bits per heavy atom. The standard InChI is InChI=1S/C17H24N4O2S/c1-13-16(24-12-19-13)11-20(2)9-14-5-6-21(10-14)17(22)18-8-15-4-3-7-23-15/h3-4,7,12,14H,5-6,8-11H2,1-2H3,(H,18,22)/t14-/m0/s1. The van der Waals surface area contributed by atoms with E-state index in [0.29, 0.717) is 12.5 Å². The number of aryl methyl sites for hydroxylation is 1. The second-order valence-electron chi connectivity index (χ2n) is 6.40. The molecule has 1 fully saturated rings. The van der Waals surface area contributed by atoms with E-state index in [-0.39, 0.29) is 6.03 Å². The predicted octanol–water partition coefficient (Wildman–Crippen LogP) is 2.71. The summed E-state index contributed by atoms with van der Waals surface area (Å²) in [5.74, 6) is 1.30. The van der Waals surface area contributed by atoms with E-state index in [4.69, 9.17) is 4.42 Å². The zero-order valence-corrected chi connectivity index (χ0v) is 15.0. The van der Waals surface area contributed by atoms with Gasteiger partial charge >= 0.3 is 6.03 Å². The monoisotopic (exact) mass is 348 g/mol. The molecule has 0 aromatic carbocycles. The van der Waals surface area contributed by atoms with Crippen LogP contribution in [0.5, 0.6) is 0 Å². The smallest absolute Gasteiger partial charge is 0.317 e. The van der Waals surface area contributed by atoms with Gasteiger partial charge in [0.15, 0.2) is 0 Å². The van der Waals surface area contributed by atoms with Crippen molar-refractivity contribution >= 4 is 17.4 Å². The summed E-state index contributed by atoms with van der Waals surface area (Å²) in [6, 6.07) is 3.69. The van der Waals surface area contributed by atoms with Crippen LogP contribution < -0.4 is 5.32 Å². The predicted molar refractivity (Wildman–Crippen MR) is 93.8 cm³/mol. The lowest BCUT2D eigenvalue weighted by Gasteiger charge is -2.21. The number of aromatic nitrogens is 1. The molecule has 7 heteroatoms. The van der Waals surface area contributed by atoms with Crippen molar-refractivity contribution in [2.75, 3.05) is 26.7 Å². The number of hydrogen-bond acceptors (Lipinski definition) is 5. The van der Waals surface area contributed by atoms with Crippen LogP contribution in [0.15, 0.2) is 28.3 Å². The Hall–Kier alpha value is -1.86. The van der Waals surface area contributed by atoms with Gasteiger partial charge in [0.05, 0.1) is 24.0 Å². The van der Waals surface area contributed by atoms with E-state index in [1.165, 1.54) is 4.88 Å². The molecule has 0 spiro atoms. The van der Waals surface area contributed by atoms with E-state index in [1.807, 2.05) is 22.5 Å². The largest absolute Gasteiger partial charge is 0.467 e. The number of nitrogens with one attached hydrogen (secondary N) is 1. The lowest BCUT2D eigenvalue weighted by Crippen LogP contribution is -2.38. The molecule has 3 heterocycles. The first-order chi connectivity index (χ1) is 11.6. The topological polar surface area (TPSA) is 61.6 Å². The minimum atomic E-state index is -0.00476. The summed E-state index contributed by atoms with van der Waals surface area (Å²) in [6.45, 7) is 6.06. The van der Waals surface area contributed by atoms with E-state index in [0.717, 1.165) is 44.1 Å². The van der Waals surface area contributed by atoms with Crippen LogP contribution in [0, 0.1) is 12.8 Å². The molecule has 0 saturated carbocycles. The maximum Gasteiger partial charge on any atom is 0.317 e. The highest BCUT2D eigenvalue weighted by molar-refractivity contribution is 7.09. The minimum Gasteiger partial charge on any atom is -0.467 e. The summed E-state index contributed by atoms with van der Waals surface area (Å²) in [5.41, 5.74) is 3.02. The van der Waals surface area contributed by atoms with Crippen LogP contribution >= 0.6 is 11.3 Å². The van der Waals surface area contributed by atoms with Crippen LogP contribution in [0.4, 0.5) is 4.79 Å². The second-order valence-corrected chi connectivity index (χ2v) is 7.34. The first kappa shape index (κ1) is 17.0. The highest BCUT2D eigenvalue weighted by Gasteiger charge is 2.27. The van der Waals surface area contributed by atoms with Crippen LogP contribution in [-0.4, -0.2) is 47.5 Å². The number of rotatable bonds is 6. The quantitative estimate of drug-likeness (QED) is 0.872. The number of furan rings is 1. The molecule has 2 amide bonds. The van der Waals surface area contributed by atoms with Crippen molar-refractivity contribution in [3.63, 3.8) is 0 Å². The SMILES string of the molecule is Cc1ncsc1CN(C)C[C@@H]1CCN(C(=O)NCc2ccco2)C1. The lowest BCUT2D eigenvalue weighted by molar-refractivity contribution is 0.202. The molecule has 0 bridgehead atoms. The van der Waals surface area contributed by atoms with Gasteiger partial charge in [0.1, 0.15) is 5.76 Å². The molecule has 0 unspecified atom stereocenters. The van der Waals surface area contributed by atoms with Crippen molar-refractivity contribution in [1.82, 2.24) is 20.1 Å². The maximum atomic E-state index is 12.2. The number of likely N-dealkylation sites (tertiary alicyclic amines) is 1. The van der Waals surface area contributed by atoms with Crippen molar-refractivity contribution in [2.24, 2.45) is 5.92 Å². The number of urea groups is 1. The molecule has 2 aromatic rings. The van der Waals surface area contributed by atoms with Crippen molar-refractivity contribution in [2.45, 2.75) is 26.4 Å². The van der Waals surface area contributed by atoms with E-state index >= 15 is 0 Å². The van der Waals surface area contributed by atoms with E-state index in [9.17, 15) is 4.79 Å². The molecule has 3 rings (SSSR count). The molecule has 6 nitrogen and oxygen atoms in total. The fourth-order valence-electron chi connectivity index (χ4n) is 3.08. The van der Waals surface area contributed by atoms with Crippen LogP contribution in [0.1, 0.15) is 22.8 Å². The summed E-state index contributed by atoms with van der Waals surface area (Å²) in [5, 5.41) is 2.92. The number of nitrogens with zero attached hydrogens (tertiary/aromatic N) is 3. The van der Waals surface area contributed by atoms with Gasteiger partial charge in [-0.3, -0.25) is 0 Å². The highest BCUT2D eigenvalue weighted by atomic mass is 32.1. The molecular formula is C17H24N4O2S.